The van der Waals surface area contributed by atoms with Gasteiger partial charge in [-0.05, 0) is 96.9 Å². The molecule has 2 aliphatic rings. The van der Waals surface area contributed by atoms with E-state index in [4.69, 9.17) is 4.98 Å². The molecule has 4 aromatic rings. The molecule has 2 aromatic carbocycles. The summed E-state index contributed by atoms with van der Waals surface area (Å²) in [6.07, 6.45) is 5.47. The first-order chi connectivity index (χ1) is 15.8. The predicted octanol–water partition coefficient (Wildman–Crippen LogP) is 4.88. The largest absolute Gasteiger partial charge is 0.303 e. The van der Waals surface area contributed by atoms with Gasteiger partial charge in [0.25, 0.3) is 0 Å². The average molecular weight is 497 g/mol. The molecule has 0 spiro atoms. The summed E-state index contributed by atoms with van der Waals surface area (Å²) in [5, 5.41) is 13.5. The number of halogens is 2. The topological polar surface area (TPSA) is 59.7 Å². The third-order valence-electron chi connectivity index (χ3n) is 7.24. The smallest absolute Gasteiger partial charge is 0.157 e. The first-order valence-corrected chi connectivity index (χ1v) is 11.7. The number of hydrogen-bond donors (Lipinski definition) is 0. The lowest BCUT2D eigenvalue weighted by atomic mass is 9.87. The summed E-state index contributed by atoms with van der Waals surface area (Å²) in [5.74, 6) is 1.60. The molecule has 6 nitrogen and oxygen atoms in total. The van der Waals surface area contributed by atoms with E-state index in [1.807, 2.05) is 4.68 Å². The Morgan fingerprint density at radius 3 is 2.62 bits per heavy atom. The van der Waals surface area contributed by atoms with E-state index in [-0.39, 0.29) is 24.8 Å². The molecule has 0 atom stereocenters. The highest BCUT2D eigenvalue weighted by molar-refractivity contribution is 5.85. The summed E-state index contributed by atoms with van der Waals surface area (Å²) in [6.45, 7) is 5.50. The second-order valence-electron chi connectivity index (χ2n) is 9.15. The van der Waals surface area contributed by atoms with Gasteiger partial charge in [0.1, 0.15) is 0 Å². The van der Waals surface area contributed by atoms with Crippen molar-refractivity contribution >= 4 is 35.7 Å². The Morgan fingerprint density at radius 2 is 1.76 bits per heavy atom. The minimum atomic E-state index is 0. The van der Waals surface area contributed by atoms with Gasteiger partial charge in [-0.3, -0.25) is 4.98 Å². The molecule has 0 bridgehead atoms. The quantitative estimate of drug-likeness (QED) is 0.402. The van der Waals surface area contributed by atoms with Crippen LogP contribution in [0, 0.1) is 6.92 Å². The van der Waals surface area contributed by atoms with Gasteiger partial charge in [-0.1, -0.05) is 30.3 Å². The van der Waals surface area contributed by atoms with E-state index >= 15 is 0 Å². The molecule has 1 fully saturated rings. The van der Waals surface area contributed by atoms with Crippen LogP contribution in [0.3, 0.4) is 0 Å². The number of aryl methyl sites for hydroxylation is 2. The van der Waals surface area contributed by atoms with Crippen LogP contribution in [0.15, 0.2) is 48.5 Å². The van der Waals surface area contributed by atoms with Crippen molar-refractivity contribution in [2.24, 2.45) is 0 Å². The Kier molecular flexibility index (Phi) is 7.51. The zero-order valence-corrected chi connectivity index (χ0v) is 21.0. The maximum Gasteiger partial charge on any atom is 0.157 e. The van der Waals surface area contributed by atoms with E-state index in [0.29, 0.717) is 5.92 Å². The Balaban J connectivity index is 0.00000137. The summed E-state index contributed by atoms with van der Waals surface area (Å²) >= 11 is 0. The van der Waals surface area contributed by atoms with Crippen molar-refractivity contribution in [2.75, 3.05) is 19.6 Å². The van der Waals surface area contributed by atoms with Crippen molar-refractivity contribution in [1.29, 1.82) is 0 Å². The van der Waals surface area contributed by atoms with Crippen LogP contribution in [0.5, 0.6) is 0 Å². The van der Waals surface area contributed by atoms with Gasteiger partial charge in [0.05, 0.1) is 11.2 Å². The number of tetrazole rings is 1. The summed E-state index contributed by atoms with van der Waals surface area (Å²) in [7, 11) is 0. The van der Waals surface area contributed by atoms with Crippen molar-refractivity contribution in [3.63, 3.8) is 0 Å². The van der Waals surface area contributed by atoms with E-state index < -0.39 is 0 Å². The van der Waals surface area contributed by atoms with Crippen LogP contribution < -0.4 is 0 Å². The van der Waals surface area contributed by atoms with Gasteiger partial charge < -0.3 is 4.90 Å². The number of nitrogens with zero attached hydrogens (tertiary/aromatic N) is 6. The molecule has 0 saturated carbocycles. The molecule has 0 radical (unpaired) electrons. The molecule has 0 N–H and O–H groups in total. The summed E-state index contributed by atoms with van der Waals surface area (Å²) in [6, 6.07) is 17.6. The Bertz CT molecular complexity index is 1280. The van der Waals surface area contributed by atoms with Crippen molar-refractivity contribution < 1.29 is 0 Å². The molecule has 1 saturated heterocycles. The van der Waals surface area contributed by atoms with Gasteiger partial charge in [-0.2, -0.15) is 4.68 Å². The molecule has 0 aliphatic carbocycles. The lowest BCUT2D eigenvalue weighted by Crippen LogP contribution is -2.34. The number of benzene rings is 2. The first-order valence-electron chi connectivity index (χ1n) is 11.7. The number of rotatable bonds is 4. The van der Waals surface area contributed by atoms with Crippen LogP contribution >= 0.6 is 24.8 Å². The highest BCUT2D eigenvalue weighted by Crippen LogP contribution is 2.33. The molecule has 0 amide bonds. The SMILES string of the molecule is Cc1ccc2c(C3CCN(CCc4cccc5c4CCc4nnnn4-5)CC3)cccc2n1.Cl.Cl. The second-order valence-corrected chi connectivity index (χ2v) is 9.15. The van der Waals surface area contributed by atoms with E-state index in [9.17, 15) is 0 Å². The van der Waals surface area contributed by atoms with Crippen molar-refractivity contribution in [3.8, 4) is 5.69 Å². The normalized spacial score (nSPS) is 15.8. The Labute approximate surface area is 212 Å². The van der Waals surface area contributed by atoms with Gasteiger partial charge in [0.15, 0.2) is 5.82 Å². The number of fused-ring (bicyclic) bond motifs is 4. The van der Waals surface area contributed by atoms with E-state index in [1.54, 1.807) is 0 Å². The summed E-state index contributed by atoms with van der Waals surface area (Å²) < 4.78 is 1.91. The minimum absolute atomic E-state index is 0. The van der Waals surface area contributed by atoms with Crippen molar-refractivity contribution in [1.82, 2.24) is 30.1 Å². The third-order valence-corrected chi connectivity index (χ3v) is 7.24. The van der Waals surface area contributed by atoms with Crippen LogP contribution in [0.4, 0.5) is 0 Å². The molecule has 2 aromatic heterocycles. The highest BCUT2D eigenvalue weighted by atomic mass is 35.5. The highest BCUT2D eigenvalue weighted by Gasteiger charge is 2.24. The maximum atomic E-state index is 4.73. The number of likely N-dealkylation sites (tertiary alicyclic amines) is 1. The predicted molar refractivity (Wildman–Crippen MR) is 140 cm³/mol. The molecule has 34 heavy (non-hydrogen) atoms. The first kappa shape index (κ1) is 24.6. The number of hydrogen-bond acceptors (Lipinski definition) is 5. The van der Waals surface area contributed by atoms with Crippen molar-refractivity contribution in [2.45, 2.75) is 44.9 Å². The van der Waals surface area contributed by atoms with Gasteiger partial charge in [-0.25, -0.2) is 0 Å². The zero-order valence-electron chi connectivity index (χ0n) is 19.4. The van der Waals surface area contributed by atoms with Gasteiger partial charge in [0, 0.05) is 24.0 Å². The minimum Gasteiger partial charge on any atom is -0.303 e. The standard InChI is InChI=1S/C26H28N6.2ClH/c1-18-8-9-23-21(5-3-6-24(23)27-18)20-13-16-31(17-14-20)15-12-19-4-2-7-25-22(19)10-11-26-28-29-30-32(25)26;;/h2-9,20H,10-17H2,1H3;2*1H. The Hall–Kier alpha value is -2.54. The average Bonchev–Trinajstić information content (AvgIpc) is 3.32. The van der Waals surface area contributed by atoms with E-state index in [0.717, 1.165) is 61.6 Å². The lowest BCUT2D eigenvalue weighted by Gasteiger charge is -2.33. The second kappa shape index (κ2) is 10.4. The van der Waals surface area contributed by atoms with Crippen LogP contribution in [-0.2, 0) is 19.3 Å². The molecule has 8 heteroatoms. The van der Waals surface area contributed by atoms with Crippen LogP contribution in [0.2, 0.25) is 0 Å². The fourth-order valence-corrected chi connectivity index (χ4v) is 5.51. The van der Waals surface area contributed by atoms with Gasteiger partial charge in [0.2, 0.25) is 0 Å². The molecule has 178 valence electrons. The molecular formula is C26H30Cl2N6. The van der Waals surface area contributed by atoms with E-state index in [2.05, 4.69) is 75.9 Å². The fourth-order valence-electron chi connectivity index (χ4n) is 5.51. The summed E-state index contributed by atoms with van der Waals surface area (Å²) in [4.78, 5) is 7.36. The fraction of sp³-hybridized carbons (Fsp3) is 0.385. The monoisotopic (exact) mass is 496 g/mol. The van der Waals surface area contributed by atoms with Crippen LogP contribution in [-0.4, -0.2) is 49.7 Å². The Morgan fingerprint density at radius 1 is 0.941 bits per heavy atom. The van der Waals surface area contributed by atoms with Gasteiger partial charge in [-0.15, -0.1) is 29.9 Å². The maximum absolute atomic E-state index is 4.73. The molecule has 6 rings (SSSR count). The van der Waals surface area contributed by atoms with Crippen molar-refractivity contribution in [3.05, 3.63) is 76.7 Å². The van der Waals surface area contributed by atoms with Crippen LogP contribution in [0.1, 0.15) is 47.0 Å². The molecule has 2 aliphatic heterocycles. The van der Waals surface area contributed by atoms with E-state index in [1.165, 1.54) is 34.9 Å². The number of piperidine rings is 1. The molecular weight excluding hydrogens is 467 g/mol. The molecule has 4 heterocycles. The van der Waals surface area contributed by atoms with Crippen LogP contribution in [0.25, 0.3) is 16.6 Å². The summed E-state index contributed by atoms with van der Waals surface area (Å²) in [5.41, 5.74) is 7.71. The molecule has 0 unspecified atom stereocenters. The van der Waals surface area contributed by atoms with Gasteiger partial charge >= 0.3 is 0 Å². The lowest BCUT2D eigenvalue weighted by molar-refractivity contribution is 0.215. The number of aromatic nitrogens is 5. The zero-order chi connectivity index (χ0) is 21.5. The third kappa shape index (κ3) is 4.54. The number of pyridine rings is 1.